The van der Waals surface area contributed by atoms with Gasteiger partial charge in [-0.1, -0.05) is 46.5 Å². The average Bonchev–Trinajstić information content (AvgIpc) is 2.37. The first kappa shape index (κ1) is 21.0. The van der Waals surface area contributed by atoms with Gasteiger partial charge in [0.15, 0.2) is 6.73 Å². The van der Waals surface area contributed by atoms with Gasteiger partial charge in [0.25, 0.3) is 0 Å². The average molecular weight is 371 g/mol. The fraction of sp³-hybridized carbons (Fsp3) is 1.00. The van der Waals surface area contributed by atoms with Crippen LogP contribution in [-0.4, -0.2) is 36.0 Å². The molecule has 0 aliphatic carbocycles. The van der Waals surface area contributed by atoms with Gasteiger partial charge in [0.2, 0.25) is 0 Å². The molecule has 0 heterocycles. The van der Waals surface area contributed by atoms with E-state index in [2.05, 4.69) is 20.8 Å². The summed E-state index contributed by atoms with van der Waals surface area (Å²) in [5.74, 6) is 0. The van der Waals surface area contributed by atoms with Crippen molar-refractivity contribution in [3.63, 3.8) is 0 Å². The van der Waals surface area contributed by atoms with E-state index in [0.717, 1.165) is 4.48 Å². The second-order valence-electron chi connectivity index (χ2n) is 5.42. The highest BCUT2D eigenvalue weighted by Crippen LogP contribution is 2.14. The van der Waals surface area contributed by atoms with E-state index in [1.54, 1.807) is 0 Å². The smallest absolute Gasteiger partial charge is 0.180 e. The van der Waals surface area contributed by atoms with Crippen LogP contribution in [0.25, 0.3) is 0 Å². The fourth-order valence-electron chi connectivity index (χ4n) is 2.41. The second-order valence-corrected chi connectivity index (χ2v) is 5.42. The van der Waals surface area contributed by atoms with Crippen molar-refractivity contribution in [3.05, 3.63) is 0 Å². The van der Waals surface area contributed by atoms with Gasteiger partial charge in [0.05, 0.1) is 19.6 Å². The van der Waals surface area contributed by atoms with Crippen LogP contribution >= 0.6 is 0 Å². The van der Waals surface area contributed by atoms with E-state index in [9.17, 15) is 5.11 Å². The predicted octanol–water partition coefficient (Wildman–Crippen LogP) is 0.938. The van der Waals surface area contributed by atoms with Crippen LogP contribution in [0.15, 0.2) is 0 Å². The summed E-state index contributed by atoms with van der Waals surface area (Å²) in [6, 6.07) is 0. The van der Waals surface area contributed by atoms with Crippen molar-refractivity contribution >= 4 is 0 Å². The Morgan fingerprint density at radius 2 is 1.11 bits per heavy atom. The van der Waals surface area contributed by atoms with Crippen molar-refractivity contribution in [2.24, 2.45) is 0 Å². The van der Waals surface area contributed by atoms with Gasteiger partial charge in [-0.2, -0.15) is 0 Å². The number of aliphatic hydroxyl groups is 1. The van der Waals surface area contributed by atoms with Crippen LogP contribution in [0.4, 0.5) is 0 Å². The van der Waals surface area contributed by atoms with Gasteiger partial charge in [-0.3, -0.25) is 0 Å². The molecule has 18 heavy (non-hydrogen) atoms. The molecule has 0 amide bonds. The van der Waals surface area contributed by atoms with E-state index >= 15 is 0 Å². The molecule has 0 rings (SSSR count). The zero-order valence-electron chi connectivity index (χ0n) is 12.8. The van der Waals surface area contributed by atoms with Crippen LogP contribution in [0, 0.1) is 0 Å². The first-order chi connectivity index (χ1) is 8.24. The molecule has 0 radical (unpaired) electrons. The lowest BCUT2D eigenvalue weighted by Gasteiger charge is -2.37. The van der Waals surface area contributed by atoms with Gasteiger partial charge in [-0.25, -0.2) is 0 Å². The summed E-state index contributed by atoms with van der Waals surface area (Å²) >= 11 is 0. The third-order valence-electron chi connectivity index (χ3n) is 3.76. The molecule has 1 N–H and O–H groups in total. The van der Waals surface area contributed by atoms with Crippen LogP contribution in [0.3, 0.4) is 0 Å². The topological polar surface area (TPSA) is 20.2 Å². The molecule has 0 spiro atoms. The van der Waals surface area contributed by atoms with Gasteiger partial charge in [-0.05, 0) is 25.7 Å². The maximum absolute atomic E-state index is 9.76. The molecule has 0 saturated carbocycles. The Hall–Kier alpha value is 0.650. The Kier molecular flexibility index (Phi) is 16.4. The van der Waals surface area contributed by atoms with Crippen molar-refractivity contribution in [2.75, 3.05) is 26.4 Å². The molecule has 0 aromatic rings. The third kappa shape index (κ3) is 9.56. The number of rotatable bonds is 12. The van der Waals surface area contributed by atoms with Gasteiger partial charge < -0.3 is 33.6 Å². The molecule has 0 aromatic heterocycles. The quantitative estimate of drug-likeness (QED) is 0.234. The Morgan fingerprint density at radius 3 is 1.50 bits per heavy atom. The van der Waals surface area contributed by atoms with Crippen molar-refractivity contribution in [2.45, 2.75) is 72.1 Å². The number of unbranched alkanes of at least 4 members (excludes halogenated alkanes) is 5. The molecule has 0 aliphatic rings. The monoisotopic (exact) mass is 371 g/mol. The van der Waals surface area contributed by atoms with Gasteiger partial charge in [-0.15, -0.1) is 0 Å². The van der Waals surface area contributed by atoms with Crippen LogP contribution in [0.2, 0.25) is 0 Å². The lowest BCUT2D eigenvalue weighted by molar-refractivity contribution is -0.945. The van der Waals surface area contributed by atoms with E-state index in [1.165, 1.54) is 71.0 Å². The van der Waals surface area contributed by atoms with Crippen molar-refractivity contribution in [1.82, 2.24) is 0 Å². The summed E-state index contributed by atoms with van der Waals surface area (Å²) in [4.78, 5) is 0. The number of hydrogen-bond donors (Lipinski definition) is 1. The lowest BCUT2D eigenvalue weighted by atomic mass is 10.1. The zero-order valence-corrected chi connectivity index (χ0v) is 14.9. The summed E-state index contributed by atoms with van der Waals surface area (Å²) in [5.41, 5.74) is 0. The van der Waals surface area contributed by atoms with Gasteiger partial charge in [0.1, 0.15) is 0 Å². The number of halogens is 1. The summed E-state index contributed by atoms with van der Waals surface area (Å²) in [7, 11) is 0. The molecule has 0 atom stereocenters. The van der Waals surface area contributed by atoms with Crippen molar-refractivity contribution in [1.29, 1.82) is 0 Å². The SMILES string of the molecule is CCCCCC[N+](CO)(CCCC)CCCC.[I-]. The minimum atomic E-state index is 0. The summed E-state index contributed by atoms with van der Waals surface area (Å²) in [5, 5.41) is 9.76. The van der Waals surface area contributed by atoms with Crippen LogP contribution in [0.1, 0.15) is 72.1 Å². The molecule has 0 unspecified atom stereocenters. The van der Waals surface area contributed by atoms with Crippen molar-refractivity contribution in [3.8, 4) is 0 Å². The molecule has 0 aliphatic heterocycles. The maximum atomic E-state index is 9.76. The first-order valence-corrected chi connectivity index (χ1v) is 7.70. The molecule has 0 bridgehead atoms. The van der Waals surface area contributed by atoms with Crippen molar-refractivity contribution < 1.29 is 33.6 Å². The van der Waals surface area contributed by atoms with Crippen LogP contribution in [0.5, 0.6) is 0 Å². The molecular weight excluding hydrogens is 337 g/mol. The van der Waals surface area contributed by atoms with Gasteiger partial charge >= 0.3 is 0 Å². The highest BCUT2D eigenvalue weighted by molar-refractivity contribution is 4.47. The molecule has 112 valence electrons. The van der Waals surface area contributed by atoms with E-state index in [4.69, 9.17) is 0 Å². The zero-order chi connectivity index (χ0) is 13.0. The Labute approximate surface area is 132 Å². The standard InChI is InChI=1S/C15H34NO.HI/c1-4-7-10-11-14-16(15-17,12-8-5-2)13-9-6-3;/h17H,4-15H2,1-3H3;1H/q+1;/p-1. The van der Waals surface area contributed by atoms with Gasteiger partial charge in [0, 0.05) is 0 Å². The predicted molar refractivity (Wildman–Crippen MR) is 75.9 cm³/mol. The largest absolute Gasteiger partial charge is 1.00 e. The Morgan fingerprint density at radius 1 is 0.667 bits per heavy atom. The number of quaternary nitrogens is 1. The number of hydrogen-bond acceptors (Lipinski definition) is 1. The molecule has 0 fully saturated rings. The summed E-state index contributed by atoms with van der Waals surface area (Å²) < 4.78 is 0.950. The molecular formula is C15H34INO. The minimum Gasteiger partial charge on any atom is -1.00 e. The molecule has 0 aromatic carbocycles. The lowest BCUT2D eigenvalue weighted by Crippen LogP contribution is -3.00. The highest BCUT2D eigenvalue weighted by atomic mass is 127. The van der Waals surface area contributed by atoms with Crippen LogP contribution in [-0.2, 0) is 0 Å². The Balaban J connectivity index is 0. The van der Waals surface area contributed by atoms with E-state index < -0.39 is 0 Å². The Bertz CT molecular complexity index is 157. The van der Waals surface area contributed by atoms with E-state index in [0.29, 0.717) is 6.73 Å². The normalized spacial score (nSPS) is 11.3. The second kappa shape index (κ2) is 14.1. The number of aliphatic hydroxyl groups excluding tert-OH is 1. The molecule has 2 nitrogen and oxygen atoms in total. The van der Waals surface area contributed by atoms with E-state index in [-0.39, 0.29) is 24.0 Å². The molecule has 0 saturated heterocycles. The minimum absolute atomic E-state index is 0. The van der Waals surface area contributed by atoms with Crippen LogP contribution < -0.4 is 24.0 Å². The fourth-order valence-corrected chi connectivity index (χ4v) is 2.41. The first-order valence-electron chi connectivity index (χ1n) is 7.70. The van der Waals surface area contributed by atoms with E-state index in [1.807, 2.05) is 0 Å². The highest BCUT2D eigenvalue weighted by Gasteiger charge is 2.24. The summed E-state index contributed by atoms with van der Waals surface area (Å²) in [6.45, 7) is 10.6. The maximum Gasteiger partial charge on any atom is 0.180 e. The summed E-state index contributed by atoms with van der Waals surface area (Å²) in [6.07, 6.45) is 10.2. The number of nitrogens with zero attached hydrogens (tertiary/aromatic N) is 1. The third-order valence-corrected chi connectivity index (χ3v) is 3.76. The molecule has 3 heteroatoms.